The molecule has 99 heavy (non-hydrogen) atoms. The number of nitrogens with zero attached hydrogens (tertiary/aromatic N) is 2. The van der Waals surface area contributed by atoms with Crippen molar-refractivity contribution >= 4 is 78.0 Å². The van der Waals surface area contributed by atoms with Crippen molar-refractivity contribution in [1.29, 1.82) is 0 Å². The van der Waals surface area contributed by atoms with Crippen molar-refractivity contribution in [1.82, 2.24) is 0 Å². The average molecular weight is 1290 g/mol. The molecule has 15 rings (SSSR count). The van der Waals surface area contributed by atoms with Crippen molar-refractivity contribution in [3.05, 3.63) is 334 Å². The molecule has 494 valence electrons. The van der Waals surface area contributed by atoms with Gasteiger partial charge in [0, 0.05) is 61.6 Å². The smallest absolute Gasteiger partial charge is 0.145 e. The summed E-state index contributed by atoms with van der Waals surface area (Å²) in [6.07, 6.45) is 0.703. The van der Waals surface area contributed by atoms with E-state index < -0.39 is 5.41 Å². The molecule has 0 bridgehead atoms. The molecule has 0 radical (unpaired) electrons. The molecule has 0 aliphatic heterocycles. The first-order chi connectivity index (χ1) is 47.2. The first-order valence-corrected chi connectivity index (χ1v) is 35.6. The van der Waals surface area contributed by atoms with Crippen molar-refractivity contribution < 1.29 is 8.83 Å². The van der Waals surface area contributed by atoms with Gasteiger partial charge in [-0.3, -0.25) is 0 Å². The number of hydrogen-bond acceptors (Lipinski definition) is 4. The lowest BCUT2D eigenvalue weighted by molar-refractivity contribution is 0.589. The van der Waals surface area contributed by atoms with E-state index in [0.717, 1.165) is 111 Å². The highest BCUT2D eigenvalue weighted by Gasteiger charge is 2.51. The Morgan fingerprint density at radius 1 is 0.313 bits per heavy atom. The predicted molar refractivity (Wildman–Crippen MR) is 420 cm³/mol. The van der Waals surface area contributed by atoms with Gasteiger partial charge in [-0.1, -0.05) is 292 Å². The molecule has 0 fully saturated rings. The third kappa shape index (κ3) is 11.4. The zero-order chi connectivity index (χ0) is 69.1. The Labute approximate surface area is 586 Å². The van der Waals surface area contributed by atoms with Gasteiger partial charge in [-0.05, 0) is 179 Å². The van der Waals surface area contributed by atoms with Crippen LogP contribution in [0, 0.1) is 0 Å². The van der Waals surface area contributed by atoms with E-state index in [1.54, 1.807) is 0 Å². The molecule has 2 atom stereocenters. The Kier molecular flexibility index (Phi) is 15.8. The maximum atomic E-state index is 7.71. The highest BCUT2D eigenvalue weighted by Crippen LogP contribution is 2.64. The van der Waals surface area contributed by atoms with E-state index >= 15 is 0 Å². The number of fused-ring (bicyclic) bond motifs is 11. The molecule has 0 spiro atoms. The van der Waals surface area contributed by atoms with E-state index in [1.807, 2.05) is 0 Å². The molecule has 14 aromatic rings. The van der Waals surface area contributed by atoms with Crippen LogP contribution < -0.4 is 9.80 Å². The van der Waals surface area contributed by atoms with E-state index in [4.69, 9.17) is 8.83 Å². The molecular weight excluding hydrogens is 1200 g/mol. The van der Waals surface area contributed by atoms with Gasteiger partial charge in [0.05, 0.1) is 16.5 Å². The Morgan fingerprint density at radius 3 is 1.08 bits per heavy atom. The minimum atomic E-state index is -0.994. The summed E-state index contributed by atoms with van der Waals surface area (Å²) in [5.74, 6) is -0.00245. The number of benzene rings is 12. The van der Waals surface area contributed by atoms with Crippen LogP contribution >= 0.6 is 0 Å². The Morgan fingerprint density at radius 2 is 0.636 bits per heavy atom. The first-order valence-electron chi connectivity index (χ1n) is 35.6. The molecule has 0 N–H and O–H groups in total. The second kappa shape index (κ2) is 24.1. The first kappa shape index (κ1) is 64.8. The summed E-state index contributed by atoms with van der Waals surface area (Å²) in [6.45, 7) is 34.5. The zero-order valence-electron chi connectivity index (χ0n) is 60.4. The fourth-order valence-corrected chi connectivity index (χ4v) is 15.6. The van der Waals surface area contributed by atoms with E-state index in [1.165, 1.54) is 44.5 Å². The summed E-state index contributed by atoms with van der Waals surface area (Å²) in [4.78, 5) is 4.90. The lowest BCUT2D eigenvalue weighted by Crippen LogP contribution is -2.29. The normalized spacial score (nSPS) is 14.7. The molecule has 1 aliphatic rings. The van der Waals surface area contributed by atoms with E-state index in [9.17, 15) is 0 Å². The van der Waals surface area contributed by atoms with Crippen LogP contribution in [0.15, 0.2) is 276 Å². The molecule has 2 aromatic heterocycles. The van der Waals surface area contributed by atoms with E-state index in [-0.39, 0.29) is 33.0 Å². The second-order valence-electron chi connectivity index (χ2n) is 32.9. The maximum absolute atomic E-state index is 7.71. The largest absolute Gasteiger partial charge is 0.455 e. The van der Waals surface area contributed by atoms with Crippen molar-refractivity contribution in [3.8, 4) is 11.1 Å². The monoisotopic (exact) mass is 1290 g/mol. The standard InChI is InChI=1S/C95H92N2O2/c1-90(2,3)64-36-34-62(35-37-64)78(61-26-18-16-19-27-61)58-63-59-79-86(88-84(63)76-30-22-24-32-82(76)98-88)87-80(60-81(85-77-31-23-25-33-83(77)99-89(85)87)97(71-28-20-17-21-29-71)75-54-46-68(47-55-75)94(13,14)15)95(79,69-40-38-65(39-41-69)91(4,5)6)70-48-56-74(57-49-70)96(72-50-42-66(43-51-72)92(7,8)9)73-52-44-67(45-53-73)93(10,11)12/h16-57,59-60,78H,58H2,1-15H3/t78-,95?/m1/s1. The molecule has 1 aliphatic carbocycles. The quantitative estimate of drug-likeness (QED) is 0.122. The van der Waals surface area contributed by atoms with Crippen LogP contribution in [0.5, 0.6) is 0 Å². The lowest BCUT2D eigenvalue weighted by atomic mass is 9.66. The fourth-order valence-electron chi connectivity index (χ4n) is 15.6. The Balaban J connectivity index is 1.09. The molecule has 4 nitrogen and oxygen atoms in total. The van der Waals surface area contributed by atoms with Crippen molar-refractivity contribution in [2.75, 3.05) is 9.80 Å². The minimum absolute atomic E-state index is 0.00191. The molecule has 0 saturated carbocycles. The number of rotatable bonds is 12. The van der Waals surface area contributed by atoms with Gasteiger partial charge in [0.2, 0.25) is 0 Å². The maximum Gasteiger partial charge on any atom is 0.145 e. The summed E-state index contributed by atoms with van der Waals surface area (Å²) in [6, 6.07) is 101. The summed E-state index contributed by atoms with van der Waals surface area (Å²) in [5, 5.41) is 4.30. The Hall–Kier alpha value is -10.2. The number of hydrogen-bond donors (Lipinski definition) is 0. The van der Waals surface area contributed by atoms with Gasteiger partial charge in [-0.15, -0.1) is 0 Å². The zero-order valence-corrected chi connectivity index (χ0v) is 60.4. The second-order valence-corrected chi connectivity index (χ2v) is 32.9. The summed E-state index contributed by atoms with van der Waals surface area (Å²) >= 11 is 0. The van der Waals surface area contributed by atoms with Gasteiger partial charge in [0.15, 0.2) is 0 Å². The molecule has 2 heterocycles. The van der Waals surface area contributed by atoms with Crippen LogP contribution in [0.25, 0.3) is 55.0 Å². The van der Waals surface area contributed by atoms with E-state index in [0.29, 0.717) is 6.42 Å². The molecule has 12 aromatic carbocycles. The average Bonchev–Trinajstić information content (AvgIpc) is 1.50. The van der Waals surface area contributed by atoms with Gasteiger partial charge < -0.3 is 18.6 Å². The highest BCUT2D eigenvalue weighted by molar-refractivity contribution is 6.23. The summed E-state index contributed by atoms with van der Waals surface area (Å²) < 4.78 is 15.4. The lowest BCUT2D eigenvalue weighted by Gasteiger charge is -2.36. The number of para-hydroxylation sites is 3. The van der Waals surface area contributed by atoms with Gasteiger partial charge in [-0.25, -0.2) is 0 Å². The van der Waals surface area contributed by atoms with Gasteiger partial charge >= 0.3 is 0 Å². The molecule has 0 saturated heterocycles. The van der Waals surface area contributed by atoms with Crippen molar-refractivity contribution in [2.45, 2.75) is 149 Å². The van der Waals surface area contributed by atoms with Crippen LogP contribution in [0.1, 0.15) is 177 Å². The van der Waals surface area contributed by atoms with E-state index in [2.05, 4.69) is 381 Å². The van der Waals surface area contributed by atoms with Crippen molar-refractivity contribution in [3.63, 3.8) is 0 Å². The minimum Gasteiger partial charge on any atom is -0.455 e. The summed E-state index contributed by atoms with van der Waals surface area (Å²) in [7, 11) is 0. The van der Waals surface area contributed by atoms with Crippen LogP contribution in [-0.4, -0.2) is 0 Å². The molecule has 0 amide bonds. The topological polar surface area (TPSA) is 32.8 Å². The fraction of sp³-hybridized carbons (Fsp3) is 0.242. The van der Waals surface area contributed by atoms with Crippen LogP contribution in [0.4, 0.5) is 34.1 Å². The van der Waals surface area contributed by atoms with Crippen LogP contribution in [-0.2, 0) is 38.9 Å². The number of anilines is 6. The molecular formula is C95H92N2O2. The molecule has 4 heteroatoms. The van der Waals surface area contributed by atoms with Crippen LogP contribution in [0.2, 0.25) is 0 Å². The van der Waals surface area contributed by atoms with Gasteiger partial charge in [0.25, 0.3) is 0 Å². The van der Waals surface area contributed by atoms with Gasteiger partial charge in [-0.2, -0.15) is 0 Å². The molecule has 1 unspecified atom stereocenters. The third-order valence-electron chi connectivity index (χ3n) is 21.2. The third-order valence-corrected chi connectivity index (χ3v) is 21.2. The Bertz CT molecular complexity index is 5230. The number of furan rings is 2. The SMILES string of the molecule is CC(C)(C)c1ccc([C@H](Cc2cc3c(c4oc5ccccc5c24)-c2c(cc(N(c4ccccc4)c4ccc(C(C)(C)C)cc4)c4c2oc2ccccc24)C3(c2ccc(N(c3ccc(C(C)(C)C)cc3)c3ccc(C(C)(C)C)cc3)cc2)c2ccc(C(C)(C)C)cc2)c2ccccc2)cc1. The van der Waals surface area contributed by atoms with Gasteiger partial charge in [0.1, 0.15) is 22.3 Å². The summed E-state index contributed by atoms with van der Waals surface area (Å²) in [5.41, 5.74) is 25.3. The predicted octanol–water partition coefficient (Wildman–Crippen LogP) is 26.7. The van der Waals surface area contributed by atoms with Crippen LogP contribution in [0.3, 0.4) is 0 Å². The highest BCUT2D eigenvalue weighted by atomic mass is 16.3. The van der Waals surface area contributed by atoms with Crippen molar-refractivity contribution in [2.24, 2.45) is 0 Å².